The molecular weight excluding hydrogens is 388 g/mol. The van der Waals surface area contributed by atoms with Gasteiger partial charge in [0, 0.05) is 16.5 Å². The highest BCUT2D eigenvalue weighted by Gasteiger charge is 2.29. The number of carbonyl (C=O) groups is 1. The number of likely N-dealkylation sites (tertiary alicyclic amines) is 1. The monoisotopic (exact) mass is 418 g/mol. The molecule has 1 aliphatic rings. The smallest absolute Gasteiger partial charge is 0.234 e. The van der Waals surface area contributed by atoms with E-state index in [9.17, 15) is 9.90 Å². The van der Waals surface area contributed by atoms with Crippen molar-refractivity contribution in [3.05, 3.63) is 46.2 Å². The van der Waals surface area contributed by atoms with Crippen LogP contribution in [0.2, 0.25) is 0 Å². The van der Waals surface area contributed by atoms with E-state index in [-0.39, 0.29) is 18.0 Å². The molecule has 7 heteroatoms. The van der Waals surface area contributed by atoms with E-state index in [1.165, 1.54) is 0 Å². The lowest BCUT2D eigenvalue weighted by molar-refractivity contribution is -0.123. The van der Waals surface area contributed by atoms with Gasteiger partial charge in [-0.3, -0.25) is 9.69 Å². The van der Waals surface area contributed by atoms with E-state index in [0.717, 1.165) is 41.3 Å². The number of aliphatic hydroxyl groups excluding tert-OH is 1. The van der Waals surface area contributed by atoms with Gasteiger partial charge in [-0.05, 0) is 62.4 Å². The number of hydrogen-bond acceptors (Lipinski definition) is 6. The molecule has 1 aromatic heterocycles. The molecule has 158 valence electrons. The second-order valence-electron chi connectivity index (χ2n) is 7.43. The van der Waals surface area contributed by atoms with Crippen LogP contribution < -0.4 is 14.8 Å². The van der Waals surface area contributed by atoms with Crippen molar-refractivity contribution in [3.63, 3.8) is 0 Å². The van der Waals surface area contributed by atoms with Crippen molar-refractivity contribution in [1.82, 2.24) is 10.2 Å². The average Bonchev–Trinajstić information content (AvgIpc) is 3.40. The van der Waals surface area contributed by atoms with Crippen LogP contribution in [-0.4, -0.2) is 49.3 Å². The van der Waals surface area contributed by atoms with Crippen LogP contribution in [0.1, 0.15) is 48.8 Å². The molecule has 0 spiro atoms. The Morgan fingerprint density at radius 2 is 2.17 bits per heavy atom. The number of nitrogens with one attached hydrogen (secondary N) is 1. The Kier molecular flexibility index (Phi) is 7.52. The van der Waals surface area contributed by atoms with Crippen molar-refractivity contribution < 1.29 is 19.4 Å². The highest BCUT2D eigenvalue weighted by Crippen LogP contribution is 2.31. The molecule has 2 N–H and O–H groups in total. The normalized spacial score (nSPS) is 19.0. The first-order valence-electron chi connectivity index (χ1n) is 9.98. The van der Waals surface area contributed by atoms with Gasteiger partial charge in [-0.25, -0.2) is 0 Å². The molecule has 2 heterocycles. The lowest BCUT2D eigenvalue weighted by Crippen LogP contribution is -2.41. The van der Waals surface area contributed by atoms with Crippen LogP contribution in [-0.2, 0) is 4.79 Å². The van der Waals surface area contributed by atoms with E-state index in [1.807, 2.05) is 42.6 Å². The van der Waals surface area contributed by atoms with Crippen molar-refractivity contribution in [2.24, 2.45) is 0 Å². The molecule has 3 rings (SSSR count). The molecule has 1 aliphatic heterocycles. The maximum atomic E-state index is 12.7. The van der Waals surface area contributed by atoms with Gasteiger partial charge in [-0.2, -0.15) is 0 Å². The zero-order valence-electron chi connectivity index (χ0n) is 17.3. The van der Waals surface area contributed by atoms with E-state index >= 15 is 0 Å². The molecule has 0 aliphatic carbocycles. The van der Waals surface area contributed by atoms with Gasteiger partial charge in [0.25, 0.3) is 0 Å². The zero-order valence-corrected chi connectivity index (χ0v) is 18.1. The number of nitrogens with zero attached hydrogens (tertiary/aromatic N) is 1. The van der Waals surface area contributed by atoms with Gasteiger partial charge in [-0.15, -0.1) is 11.3 Å². The fourth-order valence-corrected chi connectivity index (χ4v) is 4.68. The maximum absolute atomic E-state index is 12.7. The fourth-order valence-electron chi connectivity index (χ4n) is 3.95. The summed E-state index contributed by atoms with van der Waals surface area (Å²) >= 11 is 1.57. The Bertz CT molecular complexity index is 796. The predicted molar refractivity (Wildman–Crippen MR) is 115 cm³/mol. The molecule has 1 aromatic carbocycles. The first-order valence-corrected chi connectivity index (χ1v) is 10.9. The van der Waals surface area contributed by atoms with Gasteiger partial charge in [0.2, 0.25) is 5.91 Å². The molecule has 6 nitrogen and oxygen atoms in total. The summed E-state index contributed by atoms with van der Waals surface area (Å²) in [5, 5.41) is 15.5. The molecule has 0 radical (unpaired) electrons. The van der Waals surface area contributed by atoms with Gasteiger partial charge in [0.1, 0.15) is 11.5 Å². The number of methoxy groups -OCH3 is 2. The number of ether oxygens (including phenoxy) is 2. The molecule has 0 bridgehead atoms. The summed E-state index contributed by atoms with van der Waals surface area (Å²) in [4.78, 5) is 15.9. The van der Waals surface area contributed by atoms with Gasteiger partial charge in [-0.1, -0.05) is 6.07 Å². The standard InChI is InChI=1S/C22H30N2O4S/c1-15(18-13-17(27-2)8-9-20(18)28-3)23-22(26)14-24-10-4-6-16(24)12-19(25)21-7-5-11-29-21/h5,7-9,11,13,15-16,19,25H,4,6,10,12,14H2,1-3H3,(H,23,26)/t15-,16-,19-/m0/s1. The van der Waals surface area contributed by atoms with E-state index < -0.39 is 6.10 Å². The predicted octanol–water partition coefficient (Wildman–Crippen LogP) is 3.53. The van der Waals surface area contributed by atoms with E-state index in [4.69, 9.17) is 9.47 Å². The lowest BCUT2D eigenvalue weighted by Gasteiger charge is -2.26. The van der Waals surface area contributed by atoms with Crippen molar-refractivity contribution in [2.75, 3.05) is 27.3 Å². The Labute approximate surface area is 176 Å². The highest BCUT2D eigenvalue weighted by molar-refractivity contribution is 7.10. The van der Waals surface area contributed by atoms with E-state index in [0.29, 0.717) is 13.0 Å². The maximum Gasteiger partial charge on any atom is 0.234 e. The topological polar surface area (TPSA) is 71.0 Å². The summed E-state index contributed by atoms with van der Waals surface area (Å²) in [6, 6.07) is 9.51. The number of benzene rings is 1. The fraction of sp³-hybridized carbons (Fsp3) is 0.500. The SMILES string of the molecule is COc1ccc(OC)c([C@H](C)NC(=O)CN2CCC[C@H]2C[C@H](O)c2cccs2)c1. The molecule has 29 heavy (non-hydrogen) atoms. The largest absolute Gasteiger partial charge is 0.497 e. The molecule has 3 atom stereocenters. The molecule has 0 saturated carbocycles. The first-order chi connectivity index (χ1) is 14.0. The average molecular weight is 419 g/mol. The third-order valence-electron chi connectivity index (χ3n) is 5.49. The summed E-state index contributed by atoms with van der Waals surface area (Å²) in [6.45, 7) is 3.15. The number of aliphatic hydroxyl groups is 1. The number of thiophene rings is 1. The molecule has 0 unspecified atom stereocenters. The van der Waals surface area contributed by atoms with Crippen molar-refractivity contribution in [2.45, 2.75) is 44.4 Å². The molecule has 1 fully saturated rings. The third-order valence-corrected chi connectivity index (χ3v) is 6.47. The Morgan fingerprint density at radius 1 is 1.34 bits per heavy atom. The van der Waals surface area contributed by atoms with Crippen molar-refractivity contribution in [3.8, 4) is 11.5 Å². The van der Waals surface area contributed by atoms with Gasteiger partial charge in [0.05, 0.1) is 32.9 Å². The minimum Gasteiger partial charge on any atom is -0.497 e. The van der Waals surface area contributed by atoms with Crippen LogP contribution in [0.15, 0.2) is 35.7 Å². The molecule has 1 amide bonds. The van der Waals surface area contributed by atoms with Gasteiger partial charge in [0.15, 0.2) is 0 Å². The summed E-state index contributed by atoms with van der Waals surface area (Å²) in [5.41, 5.74) is 0.881. The lowest BCUT2D eigenvalue weighted by atomic mass is 10.1. The zero-order chi connectivity index (χ0) is 20.8. The quantitative estimate of drug-likeness (QED) is 0.652. The molecular formula is C22H30N2O4S. The second kappa shape index (κ2) is 10.1. The number of hydrogen-bond donors (Lipinski definition) is 2. The van der Waals surface area contributed by atoms with Crippen LogP contribution in [0.25, 0.3) is 0 Å². The van der Waals surface area contributed by atoms with Crippen LogP contribution in [0, 0.1) is 0 Å². The first kappa shape index (κ1) is 21.6. The van der Waals surface area contributed by atoms with Crippen molar-refractivity contribution in [1.29, 1.82) is 0 Å². The summed E-state index contributed by atoms with van der Waals surface area (Å²) in [7, 11) is 3.24. The van der Waals surface area contributed by atoms with Crippen LogP contribution in [0.5, 0.6) is 11.5 Å². The van der Waals surface area contributed by atoms with Gasteiger partial charge >= 0.3 is 0 Å². The van der Waals surface area contributed by atoms with Gasteiger partial charge < -0.3 is 19.9 Å². The summed E-state index contributed by atoms with van der Waals surface area (Å²) in [5.74, 6) is 1.42. The summed E-state index contributed by atoms with van der Waals surface area (Å²) in [6.07, 6.45) is 2.25. The van der Waals surface area contributed by atoms with E-state index in [1.54, 1.807) is 25.6 Å². The Balaban J connectivity index is 1.58. The van der Waals surface area contributed by atoms with Crippen LogP contribution >= 0.6 is 11.3 Å². The van der Waals surface area contributed by atoms with E-state index in [2.05, 4.69) is 10.2 Å². The van der Waals surface area contributed by atoms with Crippen LogP contribution in [0.3, 0.4) is 0 Å². The Morgan fingerprint density at radius 3 is 2.86 bits per heavy atom. The molecule has 2 aromatic rings. The minimum absolute atomic E-state index is 0.0279. The number of rotatable bonds is 9. The van der Waals surface area contributed by atoms with Crippen molar-refractivity contribution >= 4 is 17.2 Å². The van der Waals surface area contributed by atoms with Crippen LogP contribution in [0.4, 0.5) is 0 Å². The Hall–Kier alpha value is -2.09. The summed E-state index contributed by atoms with van der Waals surface area (Å²) < 4.78 is 10.7. The second-order valence-corrected chi connectivity index (χ2v) is 8.41. The number of carbonyl (C=O) groups excluding carboxylic acids is 1. The minimum atomic E-state index is -0.469. The molecule has 1 saturated heterocycles. The third kappa shape index (κ3) is 5.50. The highest BCUT2D eigenvalue weighted by atomic mass is 32.1. The number of amides is 1.